The van der Waals surface area contributed by atoms with Gasteiger partial charge in [-0.1, -0.05) is 18.2 Å². The third kappa shape index (κ3) is 3.93. The van der Waals surface area contributed by atoms with Crippen LogP contribution in [-0.2, 0) is 20.7 Å². The van der Waals surface area contributed by atoms with Gasteiger partial charge in [0.2, 0.25) is 0 Å². The molecule has 2 unspecified atom stereocenters. The van der Waals surface area contributed by atoms with Crippen molar-refractivity contribution in [1.82, 2.24) is 0 Å². The lowest BCUT2D eigenvalue weighted by Crippen LogP contribution is -2.44. The molecule has 6 nitrogen and oxygen atoms in total. The van der Waals surface area contributed by atoms with Crippen molar-refractivity contribution >= 4 is 11.7 Å². The summed E-state index contributed by atoms with van der Waals surface area (Å²) in [4.78, 5) is 13.1. The highest BCUT2D eigenvalue weighted by Gasteiger charge is 2.35. The van der Waals surface area contributed by atoms with Crippen LogP contribution in [0.5, 0.6) is 0 Å². The molecular weight excluding hydrogens is 274 g/mol. The Hall–Kier alpha value is -1.63. The van der Waals surface area contributed by atoms with E-state index in [1.807, 2.05) is 24.3 Å². The van der Waals surface area contributed by atoms with Crippen molar-refractivity contribution < 1.29 is 24.5 Å². The van der Waals surface area contributed by atoms with Crippen LogP contribution in [0.15, 0.2) is 24.3 Å². The van der Waals surface area contributed by atoms with E-state index < -0.39 is 18.1 Å². The van der Waals surface area contributed by atoms with E-state index in [9.17, 15) is 15.0 Å². The molecule has 0 aliphatic carbocycles. The van der Waals surface area contributed by atoms with E-state index in [-0.39, 0.29) is 13.2 Å². The van der Waals surface area contributed by atoms with Gasteiger partial charge in [-0.05, 0) is 11.6 Å². The number of aliphatic hydroxyl groups excluding tert-OH is 1. The molecule has 21 heavy (non-hydrogen) atoms. The molecule has 1 aromatic rings. The lowest BCUT2D eigenvalue weighted by Gasteiger charge is -2.27. The summed E-state index contributed by atoms with van der Waals surface area (Å²) in [5, 5.41) is 19.4. The van der Waals surface area contributed by atoms with Crippen molar-refractivity contribution in [2.75, 3.05) is 38.4 Å². The summed E-state index contributed by atoms with van der Waals surface area (Å²) in [6, 6.07) is 6.95. The molecule has 1 aromatic carbocycles. The number of β-amino-alcohol motifs (C(OH)–C–C–N with tert-alkyl or cyclic N) is 1. The number of nitrogens with zero attached hydrogens (tertiary/aromatic N) is 1. The van der Waals surface area contributed by atoms with Gasteiger partial charge in [0.15, 0.2) is 0 Å². The Balaban J connectivity index is 1.97. The number of carbonyl (C=O) groups is 1. The first-order chi connectivity index (χ1) is 10.1. The molecule has 2 atom stereocenters. The van der Waals surface area contributed by atoms with Crippen molar-refractivity contribution in [3.05, 3.63) is 29.8 Å². The zero-order chi connectivity index (χ0) is 15.2. The van der Waals surface area contributed by atoms with Gasteiger partial charge in [0.1, 0.15) is 6.04 Å². The standard InChI is InChI=1S/C15H21NO5/c1-20-6-7-21-10-12(17)9-16-13-5-3-2-4-11(13)8-14(16)15(18)19/h2-5,12,14,17H,6-10H2,1H3,(H,18,19). The summed E-state index contributed by atoms with van der Waals surface area (Å²) in [5.41, 5.74) is 1.87. The van der Waals surface area contributed by atoms with E-state index in [0.717, 1.165) is 11.3 Å². The van der Waals surface area contributed by atoms with Gasteiger partial charge in [-0.3, -0.25) is 0 Å². The number of hydrogen-bond acceptors (Lipinski definition) is 5. The van der Waals surface area contributed by atoms with Crippen LogP contribution < -0.4 is 4.90 Å². The maximum absolute atomic E-state index is 11.4. The summed E-state index contributed by atoms with van der Waals surface area (Å²) in [5.74, 6) is -0.876. The van der Waals surface area contributed by atoms with Crippen LogP contribution >= 0.6 is 0 Å². The Morgan fingerprint density at radius 3 is 2.90 bits per heavy atom. The molecule has 0 radical (unpaired) electrons. The number of carboxylic acid groups (broad SMARTS) is 1. The van der Waals surface area contributed by atoms with Crippen molar-refractivity contribution in [3.63, 3.8) is 0 Å². The largest absolute Gasteiger partial charge is 0.480 e. The number of anilines is 1. The van der Waals surface area contributed by atoms with Crippen LogP contribution in [0.4, 0.5) is 5.69 Å². The number of fused-ring (bicyclic) bond motifs is 1. The van der Waals surface area contributed by atoms with Gasteiger partial charge in [-0.2, -0.15) is 0 Å². The first-order valence-corrected chi connectivity index (χ1v) is 6.95. The van der Waals surface area contributed by atoms with Crippen molar-refractivity contribution in [1.29, 1.82) is 0 Å². The molecule has 0 fully saturated rings. The Morgan fingerprint density at radius 1 is 1.43 bits per heavy atom. The summed E-state index contributed by atoms with van der Waals surface area (Å²) in [6.07, 6.45) is -0.280. The van der Waals surface area contributed by atoms with Gasteiger partial charge >= 0.3 is 5.97 Å². The smallest absolute Gasteiger partial charge is 0.326 e. The Bertz CT molecular complexity index is 479. The minimum Gasteiger partial charge on any atom is -0.480 e. The molecule has 6 heteroatoms. The maximum Gasteiger partial charge on any atom is 0.326 e. The fourth-order valence-corrected chi connectivity index (χ4v) is 2.54. The lowest BCUT2D eigenvalue weighted by molar-refractivity contribution is -0.138. The van der Waals surface area contributed by atoms with Crippen LogP contribution in [0.25, 0.3) is 0 Å². The molecular formula is C15H21NO5. The number of aliphatic hydroxyl groups is 1. The lowest BCUT2D eigenvalue weighted by atomic mass is 10.1. The highest BCUT2D eigenvalue weighted by Crippen LogP contribution is 2.32. The third-order valence-electron chi connectivity index (χ3n) is 3.53. The second kappa shape index (κ2) is 7.40. The van der Waals surface area contributed by atoms with Gasteiger partial charge in [0.25, 0.3) is 0 Å². The first kappa shape index (κ1) is 15.8. The fraction of sp³-hybridized carbons (Fsp3) is 0.533. The quantitative estimate of drug-likeness (QED) is 0.681. The summed E-state index contributed by atoms with van der Waals surface area (Å²) < 4.78 is 10.1. The molecule has 0 bridgehead atoms. The van der Waals surface area contributed by atoms with Gasteiger partial charge in [-0.25, -0.2) is 4.79 Å². The first-order valence-electron chi connectivity index (χ1n) is 6.95. The molecule has 0 amide bonds. The Labute approximate surface area is 123 Å². The highest BCUT2D eigenvalue weighted by atomic mass is 16.5. The number of carboxylic acids is 1. The number of benzene rings is 1. The molecule has 1 heterocycles. The van der Waals surface area contributed by atoms with Crippen LogP contribution in [0.3, 0.4) is 0 Å². The molecule has 2 N–H and O–H groups in total. The van der Waals surface area contributed by atoms with E-state index in [1.54, 1.807) is 12.0 Å². The Kier molecular flexibility index (Phi) is 5.55. The highest BCUT2D eigenvalue weighted by molar-refractivity contribution is 5.82. The minimum atomic E-state index is -0.876. The van der Waals surface area contributed by atoms with Crippen molar-refractivity contribution in [3.8, 4) is 0 Å². The molecule has 1 aliphatic heterocycles. The molecule has 2 rings (SSSR count). The average Bonchev–Trinajstić information content (AvgIpc) is 2.83. The van der Waals surface area contributed by atoms with Crippen LogP contribution in [-0.4, -0.2) is 61.8 Å². The number of para-hydroxylation sites is 1. The molecule has 0 aromatic heterocycles. The van der Waals surface area contributed by atoms with Crippen molar-refractivity contribution in [2.24, 2.45) is 0 Å². The third-order valence-corrected chi connectivity index (χ3v) is 3.53. The fourth-order valence-electron chi connectivity index (χ4n) is 2.54. The Morgan fingerprint density at radius 2 is 2.19 bits per heavy atom. The normalized spacial score (nSPS) is 18.6. The molecule has 0 saturated heterocycles. The van der Waals surface area contributed by atoms with Gasteiger partial charge in [0.05, 0.1) is 25.9 Å². The SMILES string of the molecule is COCCOCC(O)CN1c2ccccc2CC1C(=O)O. The minimum absolute atomic E-state index is 0.161. The van der Waals surface area contributed by atoms with E-state index in [4.69, 9.17) is 9.47 Å². The van der Waals surface area contributed by atoms with Gasteiger partial charge < -0.3 is 24.6 Å². The number of ether oxygens (including phenoxy) is 2. The van der Waals surface area contributed by atoms with Crippen LogP contribution in [0.1, 0.15) is 5.56 Å². The number of hydrogen-bond donors (Lipinski definition) is 2. The van der Waals surface area contributed by atoms with Crippen LogP contribution in [0.2, 0.25) is 0 Å². The monoisotopic (exact) mass is 295 g/mol. The number of methoxy groups -OCH3 is 1. The predicted molar refractivity (Wildman–Crippen MR) is 77.6 cm³/mol. The summed E-state index contributed by atoms with van der Waals surface area (Å²) >= 11 is 0. The summed E-state index contributed by atoms with van der Waals surface area (Å²) in [7, 11) is 1.58. The van der Waals surface area contributed by atoms with Crippen molar-refractivity contribution in [2.45, 2.75) is 18.6 Å². The van der Waals surface area contributed by atoms with E-state index in [2.05, 4.69) is 0 Å². The molecule has 0 saturated carbocycles. The van der Waals surface area contributed by atoms with E-state index in [1.165, 1.54) is 0 Å². The predicted octanol–water partition coefficient (Wildman–Crippen LogP) is 0.526. The topological polar surface area (TPSA) is 79.2 Å². The maximum atomic E-state index is 11.4. The molecule has 0 spiro atoms. The zero-order valence-electron chi connectivity index (χ0n) is 12.1. The van der Waals surface area contributed by atoms with Crippen LogP contribution in [0, 0.1) is 0 Å². The van der Waals surface area contributed by atoms with Gasteiger partial charge in [-0.15, -0.1) is 0 Å². The summed E-state index contributed by atoms with van der Waals surface area (Å²) in [6.45, 7) is 1.28. The second-order valence-electron chi connectivity index (χ2n) is 5.06. The number of rotatable bonds is 8. The average molecular weight is 295 g/mol. The van der Waals surface area contributed by atoms with E-state index in [0.29, 0.717) is 19.6 Å². The molecule has 116 valence electrons. The van der Waals surface area contributed by atoms with Gasteiger partial charge in [0, 0.05) is 25.8 Å². The zero-order valence-corrected chi connectivity index (χ0v) is 12.1. The second-order valence-corrected chi connectivity index (χ2v) is 5.06. The molecule has 1 aliphatic rings. The van der Waals surface area contributed by atoms with E-state index >= 15 is 0 Å². The number of aliphatic carboxylic acids is 1.